The third kappa shape index (κ3) is 4.24. The number of ether oxygens (including phenoxy) is 1. The van der Waals surface area contributed by atoms with Crippen LogP contribution in [-0.2, 0) is 17.9 Å². The summed E-state index contributed by atoms with van der Waals surface area (Å²) >= 11 is 0. The number of aliphatic hydroxyl groups is 1. The second-order valence-electron chi connectivity index (χ2n) is 5.07. The van der Waals surface area contributed by atoms with Crippen LogP contribution in [0.25, 0.3) is 0 Å². The van der Waals surface area contributed by atoms with Crippen LogP contribution in [0.5, 0.6) is 0 Å². The van der Waals surface area contributed by atoms with Gasteiger partial charge >= 0.3 is 0 Å². The van der Waals surface area contributed by atoms with Gasteiger partial charge in [-0.25, -0.2) is 4.98 Å². The number of hydrogen-bond acceptors (Lipinski definition) is 4. The zero-order valence-electron chi connectivity index (χ0n) is 12.3. The third-order valence-corrected chi connectivity index (χ3v) is 3.34. The Morgan fingerprint density at radius 1 is 1.29 bits per heavy atom. The SMILES string of the molecule is Cc1ncn(C[C@H](O)COCc2ccccc2)c(=O)c1C. The molecule has 21 heavy (non-hydrogen) atoms. The first-order valence-electron chi connectivity index (χ1n) is 6.90. The van der Waals surface area contributed by atoms with Crippen molar-refractivity contribution in [2.45, 2.75) is 33.1 Å². The van der Waals surface area contributed by atoms with Crippen molar-refractivity contribution in [2.24, 2.45) is 0 Å². The van der Waals surface area contributed by atoms with Gasteiger partial charge in [0.05, 0.1) is 32.2 Å². The Morgan fingerprint density at radius 3 is 2.71 bits per heavy atom. The Bertz CT molecular complexity index is 638. The largest absolute Gasteiger partial charge is 0.389 e. The zero-order valence-corrected chi connectivity index (χ0v) is 12.3. The van der Waals surface area contributed by atoms with Gasteiger partial charge in [0.1, 0.15) is 0 Å². The van der Waals surface area contributed by atoms with Crippen LogP contribution >= 0.6 is 0 Å². The van der Waals surface area contributed by atoms with E-state index in [1.807, 2.05) is 30.3 Å². The molecule has 2 aromatic rings. The third-order valence-electron chi connectivity index (χ3n) is 3.34. The quantitative estimate of drug-likeness (QED) is 0.873. The second-order valence-corrected chi connectivity index (χ2v) is 5.07. The molecule has 5 nitrogen and oxygen atoms in total. The van der Waals surface area contributed by atoms with Crippen LogP contribution < -0.4 is 5.56 Å². The van der Waals surface area contributed by atoms with Crippen molar-refractivity contribution in [3.63, 3.8) is 0 Å². The Balaban J connectivity index is 1.86. The van der Waals surface area contributed by atoms with E-state index < -0.39 is 6.10 Å². The Morgan fingerprint density at radius 2 is 2.00 bits per heavy atom. The van der Waals surface area contributed by atoms with Crippen LogP contribution in [0.15, 0.2) is 41.5 Å². The first-order valence-corrected chi connectivity index (χ1v) is 6.90. The maximum atomic E-state index is 12.0. The van der Waals surface area contributed by atoms with Crippen molar-refractivity contribution < 1.29 is 9.84 Å². The van der Waals surface area contributed by atoms with Crippen molar-refractivity contribution >= 4 is 0 Å². The lowest BCUT2D eigenvalue weighted by molar-refractivity contribution is 0.0197. The minimum absolute atomic E-state index is 0.121. The molecule has 0 saturated heterocycles. The summed E-state index contributed by atoms with van der Waals surface area (Å²) in [6.45, 7) is 4.33. The summed E-state index contributed by atoms with van der Waals surface area (Å²) in [6, 6.07) is 9.75. The maximum Gasteiger partial charge on any atom is 0.256 e. The van der Waals surface area contributed by atoms with E-state index in [4.69, 9.17) is 4.74 Å². The molecule has 0 radical (unpaired) electrons. The lowest BCUT2D eigenvalue weighted by Crippen LogP contribution is -2.31. The highest BCUT2D eigenvalue weighted by atomic mass is 16.5. The maximum absolute atomic E-state index is 12.0. The Labute approximate surface area is 123 Å². The van der Waals surface area contributed by atoms with Gasteiger partial charge < -0.3 is 9.84 Å². The van der Waals surface area contributed by atoms with Crippen molar-refractivity contribution in [3.05, 3.63) is 63.8 Å². The summed E-state index contributed by atoms with van der Waals surface area (Å²) in [4.78, 5) is 16.1. The summed E-state index contributed by atoms with van der Waals surface area (Å²) in [6.07, 6.45) is 0.723. The fourth-order valence-electron chi connectivity index (χ4n) is 1.97. The molecule has 0 spiro atoms. The van der Waals surface area contributed by atoms with E-state index in [0.717, 1.165) is 5.56 Å². The smallest absolute Gasteiger partial charge is 0.256 e. The molecule has 0 aliphatic carbocycles. The minimum atomic E-state index is -0.740. The summed E-state index contributed by atoms with van der Waals surface area (Å²) in [5, 5.41) is 9.95. The Kier molecular flexibility index (Phi) is 5.25. The van der Waals surface area contributed by atoms with E-state index in [0.29, 0.717) is 17.9 Å². The number of hydrogen-bond donors (Lipinski definition) is 1. The molecule has 2 rings (SSSR count). The van der Waals surface area contributed by atoms with E-state index in [2.05, 4.69) is 4.98 Å². The monoisotopic (exact) mass is 288 g/mol. The highest BCUT2D eigenvalue weighted by Crippen LogP contribution is 2.02. The summed E-state index contributed by atoms with van der Waals surface area (Å²) in [5.41, 5.74) is 2.25. The first kappa shape index (κ1) is 15.4. The van der Waals surface area contributed by atoms with Crippen LogP contribution in [0.2, 0.25) is 0 Å². The fraction of sp³-hybridized carbons (Fsp3) is 0.375. The number of aryl methyl sites for hydroxylation is 1. The van der Waals surface area contributed by atoms with Crippen LogP contribution in [0.3, 0.4) is 0 Å². The lowest BCUT2D eigenvalue weighted by atomic mass is 10.2. The van der Waals surface area contributed by atoms with E-state index in [9.17, 15) is 9.90 Å². The van der Waals surface area contributed by atoms with E-state index in [1.54, 1.807) is 13.8 Å². The fourth-order valence-corrected chi connectivity index (χ4v) is 1.97. The van der Waals surface area contributed by atoms with Gasteiger partial charge in [-0.15, -0.1) is 0 Å². The molecule has 0 unspecified atom stereocenters. The molecule has 1 aromatic carbocycles. The van der Waals surface area contributed by atoms with E-state index in [-0.39, 0.29) is 18.7 Å². The van der Waals surface area contributed by atoms with Crippen molar-refractivity contribution in [1.29, 1.82) is 0 Å². The minimum Gasteiger partial charge on any atom is -0.389 e. The predicted molar refractivity (Wildman–Crippen MR) is 80.1 cm³/mol. The number of nitrogens with zero attached hydrogens (tertiary/aromatic N) is 2. The molecule has 1 N–H and O–H groups in total. The molecule has 1 atom stereocenters. The average Bonchev–Trinajstić information content (AvgIpc) is 2.49. The van der Waals surface area contributed by atoms with Crippen LogP contribution in [-0.4, -0.2) is 27.4 Å². The van der Waals surface area contributed by atoms with E-state index >= 15 is 0 Å². The predicted octanol–water partition coefficient (Wildman–Crippen LogP) is 1.44. The number of aromatic nitrogens is 2. The highest BCUT2D eigenvalue weighted by molar-refractivity contribution is 5.13. The van der Waals surface area contributed by atoms with Gasteiger partial charge in [-0.1, -0.05) is 30.3 Å². The van der Waals surface area contributed by atoms with Crippen LogP contribution in [0.4, 0.5) is 0 Å². The molecular formula is C16H20N2O3. The topological polar surface area (TPSA) is 64.3 Å². The molecular weight excluding hydrogens is 268 g/mol. The molecule has 1 heterocycles. The van der Waals surface area contributed by atoms with Gasteiger partial charge in [-0.3, -0.25) is 9.36 Å². The number of rotatable bonds is 6. The number of aliphatic hydroxyl groups excluding tert-OH is 1. The van der Waals surface area contributed by atoms with Gasteiger partial charge in [0.15, 0.2) is 0 Å². The average molecular weight is 288 g/mol. The molecule has 1 aromatic heterocycles. The molecule has 0 amide bonds. The standard InChI is InChI=1S/C16H20N2O3/c1-12-13(2)17-11-18(16(12)20)8-15(19)10-21-9-14-6-4-3-5-7-14/h3-7,11,15,19H,8-10H2,1-2H3/t15-/m0/s1. The Hall–Kier alpha value is -1.98. The van der Waals surface area contributed by atoms with Crippen LogP contribution in [0, 0.1) is 13.8 Å². The summed E-state index contributed by atoms with van der Waals surface area (Å²) in [5.74, 6) is 0. The van der Waals surface area contributed by atoms with Gasteiger partial charge in [0.2, 0.25) is 0 Å². The molecule has 0 saturated carbocycles. The van der Waals surface area contributed by atoms with Gasteiger partial charge in [0, 0.05) is 11.3 Å². The summed E-state index contributed by atoms with van der Waals surface area (Å²) in [7, 11) is 0. The second kappa shape index (κ2) is 7.15. The highest BCUT2D eigenvalue weighted by Gasteiger charge is 2.09. The van der Waals surface area contributed by atoms with Gasteiger partial charge in [-0.05, 0) is 19.4 Å². The molecule has 0 bridgehead atoms. The van der Waals surface area contributed by atoms with Crippen molar-refractivity contribution in [3.8, 4) is 0 Å². The lowest BCUT2D eigenvalue weighted by Gasteiger charge is -2.13. The zero-order chi connectivity index (χ0) is 15.2. The van der Waals surface area contributed by atoms with Crippen molar-refractivity contribution in [2.75, 3.05) is 6.61 Å². The van der Waals surface area contributed by atoms with Gasteiger partial charge in [0.25, 0.3) is 5.56 Å². The molecule has 112 valence electrons. The van der Waals surface area contributed by atoms with Crippen LogP contribution in [0.1, 0.15) is 16.8 Å². The summed E-state index contributed by atoms with van der Waals surface area (Å²) < 4.78 is 6.88. The van der Waals surface area contributed by atoms with Gasteiger partial charge in [-0.2, -0.15) is 0 Å². The van der Waals surface area contributed by atoms with E-state index in [1.165, 1.54) is 10.9 Å². The number of benzene rings is 1. The first-order chi connectivity index (χ1) is 10.1. The van der Waals surface area contributed by atoms with Crippen molar-refractivity contribution in [1.82, 2.24) is 9.55 Å². The molecule has 0 aliphatic heterocycles. The molecule has 5 heteroatoms. The molecule has 0 fully saturated rings. The normalized spacial score (nSPS) is 12.3. The molecule has 0 aliphatic rings.